The predicted molar refractivity (Wildman–Crippen MR) is 461 cm³/mol. The number of thiophene rings is 1. The number of para-hydroxylation sites is 1. The Morgan fingerprint density at radius 3 is 1.11 bits per heavy atom. The summed E-state index contributed by atoms with van der Waals surface area (Å²) < 4.78 is 13.1. The van der Waals surface area contributed by atoms with Crippen molar-refractivity contribution >= 4 is 151 Å². The average molecular weight is 1450 g/mol. The highest BCUT2D eigenvalue weighted by molar-refractivity contribution is 7.25. The predicted octanol–water partition coefficient (Wildman–Crippen LogP) is 25.9. The lowest BCUT2D eigenvalue weighted by molar-refractivity contribution is 0.669. The van der Waals surface area contributed by atoms with E-state index in [9.17, 15) is 0 Å². The summed E-state index contributed by atoms with van der Waals surface area (Å²) in [5.41, 5.74) is 18.0. The molecule has 0 aliphatic rings. The van der Waals surface area contributed by atoms with Gasteiger partial charge in [-0.05, 0) is 150 Å². The number of imidazole rings is 2. The Bertz CT molecular complexity index is 7540. The number of fused-ring (bicyclic) bond motifs is 26. The van der Waals surface area contributed by atoms with Gasteiger partial charge >= 0.3 is 0 Å². The van der Waals surface area contributed by atoms with Crippen molar-refractivity contribution in [1.29, 1.82) is 0 Å². The molecule has 0 aliphatic carbocycles. The van der Waals surface area contributed by atoms with Crippen molar-refractivity contribution in [3.8, 4) is 90.6 Å². The van der Waals surface area contributed by atoms with Gasteiger partial charge in [-0.1, -0.05) is 255 Å². The van der Waals surface area contributed by atoms with E-state index in [0.717, 1.165) is 122 Å². The van der Waals surface area contributed by atoms with E-state index in [0.29, 0.717) is 34.9 Å². The van der Waals surface area contributed by atoms with Gasteiger partial charge in [0.05, 0.1) is 22.1 Å². The highest BCUT2D eigenvalue weighted by atomic mass is 32.1. The van der Waals surface area contributed by atoms with Crippen LogP contribution in [0.25, 0.3) is 231 Å². The quantitative estimate of drug-likeness (QED) is 0.137. The first-order chi connectivity index (χ1) is 55.5. The third-order valence-electron chi connectivity index (χ3n) is 22.1. The van der Waals surface area contributed by atoms with E-state index in [2.05, 4.69) is 276 Å². The maximum Gasteiger partial charge on any atom is 0.164 e. The first kappa shape index (κ1) is 63.1. The molecule has 0 spiro atoms. The van der Waals surface area contributed by atoms with E-state index in [4.69, 9.17) is 44.3 Å². The molecule has 0 aliphatic heterocycles. The lowest BCUT2D eigenvalue weighted by Crippen LogP contribution is -2.00. The number of aromatic nitrogens is 10. The van der Waals surface area contributed by atoms with Crippen molar-refractivity contribution < 1.29 is 4.42 Å². The van der Waals surface area contributed by atoms with Gasteiger partial charge in [0, 0.05) is 98.3 Å². The summed E-state index contributed by atoms with van der Waals surface area (Å²) in [6.45, 7) is 0. The van der Waals surface area contributed by atoms with Crippen LogP contribution < -0.4 is 0 Å². The van der Waals surface area contributed by atoms with Gasteiger partial charge in [0.15, 0.2) is 34.9 Å². The molecule has 520 valence electrons. The Labute approximate surface area is 643 Å². The molecule has 8 heterocycles. The number of hydrogen-bond acceptors (Lipinski definition) is 10. The van der Waals surface area contributed by atoms with Gasteiger partial charge < -0.3 is 4.42 Å². The normalized spacial score (nSPS) is 11.9. The number of pyridine rings is 2. The molecule has 0 N–H and O–H groups in total. The molecule has 112 heavy (non-hydrogen) atoms. The molecule has 0 saturated heterocycles. The topological polar surface area (TPSA) is 125 Å². The lowest BCUT2D eigenvalue weighted by atomic mass is 9.92. The Morgan fingerprint density at radius 1 is 0.214 bits per heavy atom. The van der Waals surface area contributed by atoms with Crippen molar-refractivity contribution in [2.45, 2.75) is 0 Å². The SMILES string of the molecule is c1ccc(-c2nc(-c3ccc(-c4ccc5c(c4)c4c6ccccc6ccc4c4nc6ccccn6c54)cc3)nc(-c3ccc4oc5ccccc5c4c3)n2)cc1.c1ccc(-c2nc(-c3ccc(-c4ccc5c(c4)c4c6ccccc6ccc4c4nc6ccccn6c54)cc3)nc(-c3ccc4sc5ccccc5c4c3)n2)cc1. The van der Waals surface area contributed by atoms with Gasteiger partial charge in [0.25, 0.3) is 0 Å². The zero-order valence-corrected chi connectivity index (χ0v) is 60.6. The summed E-state index contributed by atoms with van der Waals surface area (Å²) in [5, 5.41) is 19.0. The molecule has 0 atom stereocenters. The van der Waals surface area contributed by atoms with Crippen molar-refractivity contribution in [3.05, 3.63) is 352 Å². The van der Waals surface area contributed by atoms with E-state index in [1.54, 1.807) is 0 Å². The van der Waals surface area contributed by atoms with Gasteiger partial charge in [-0.3, -0.25) is 8.80 Å². The molecule has 16 aromatic carbocycles. The zero-order chi connectivity index (χ0) is 73.5. The van der Waals surface area contributed by atoms with Crippen LogP contribution in [0.5, 0.6) is 0 Å². The molecule has 24 rings (SSSR count). The van der Waals surface area contributed by atoms with Crippen LogP contribution in [0, 0.1) is 0 Å². The van der Waals surface area contributed by atoms with Crippen molar-refractivity contribution in [1.82, 2.24) is 48.7 Å². The van der Waals surface area contributed by atoms with E-state index in [-0.39, 0.29) is 0 Å². The number of rotatable bonds is 8. The summed E-state index contributed by atoms with van der Waals surface area (Å²) in [5.74, 6) is 3.79. The summed E-state index contributed by atoms with van der Waals surface area (Å²) in [4.78, 5) is 40.5. The third kappa shape index (κ3) is 10.3. The minimum absolute atomic E-state index is 0.609. The minimum Gasteiger partial charge on any atom is -0.456 e. The van der Waals surface area contributed by atoms with E-state index >= 15 is 0 Å². The molecular formula is C100H58N10OS. The molecule has 8 aromatic heterocycles. The van der Waals surface area contributed by atoms with Crippen LogP contribution in [0.15, 0.2) is 357 Å². The maximum absolute atomic E-state index is 6.12. The van der Waals surface area contributed by atoms with Gasteiger partial charge in [-0.2, -0.15) is 0 Å². The fraction of sp³-hybridized carbons (Fsp3) is 0. The van der Waals surface area contributed by atoms with Gasteiger partial charge in [0.2, 0.25) is 0 Å². The molecule has 11 nitrogen and oxygen atoms in total. The molecule has 12 heteroatoms. The number of hydrogen-bond donors (Lipinski definition) is 0. The smallest absolute Gasteiger partial charge is 0.164 e. The summed E-state index contributed by atoms with van der Waals surface area (Å²) in [7, 11) is 0. The van der Waals surface area contributed by atoms with Gasteiger partial charge in [-0.25, -0.2) is 39.9 Å². The molecule has 0 radical (unpaired) electrons. The number of nitrogens with zero attached hydrogens (tertiary/aromatic N) is 10. The zero-order valence-electron chi connectivity index (χ0n) is 59.8. The van der Waals surface area contributed by atoms with Crippen LogP contribution >= 0.6 is 11.3 Å². The molecule has 0 amide bonds. The molecule has 0 bridgehead atoms. The fourth-order valence-electron chi connectivity index (χ4n) is 16.7. The van der Waals surface area contributed by atoms with Crippen LogP contribution in [-0.2, 0) is 0 Å². The Hall–Kier alpha value is -15.0. The van der Waals surface area contributed by atoms with Crippen LogP contribution in [0.2, 0.25) is 0 Å². The standard InChI is InChI=1S/C50H29N5O.C50H29N5S/c2*1-2-11-32(12-3-1)48-52-49(54-50(53-48)35-23-26-43-40(29-35)37-14-6-7-15-42(37)56-43)33-19-17-30(18-20-33)34-22-24-38-41(28-34)45-36-13-5-4-10-31(36)21-25-39(45)46-47(38)55-27-9-8-16-44(55)51-46/h2*1-29H. The second kappa shape index (κ2) is 25.3. The van der Waals surface area contributed by atoms with Crippen molar-refractivity contribution in [3.63, 3.8) is 0 Å². The molecule has 0 unspecified atom stereocenters. The first-order valence-corrected chi connectivity index (χ1v) is 38.2. The van der Waals surface area contributed by atoms with E-state index < -0.39 is 0 Å². The van der Waals surface area contributed by atoms with Crippen LogP contribution in [0.3, 0.4) is 0 Å². The molecule has 0 saturated carbocycles. The fourth-order valence-corrected chi connectivity index (χ4v) is 17.8. The van der Waals surface area contributed by atoms with Crippen LogP contribution in [0.4, 0.5) is 0 Å². The van der Waals surface area contributed by atoms with Crippen molar-refractivity contribution in [2.75, 3.05) is 0 Å². The molecule has 0 fully saturated rings. The molecular weight excluding hydrogens is 1390 g/mol. The molecule has 24 aromatic rings. The summed E-state index contributed by atoms with van der Waals surface area (Å²) in [6.07, 6.45) is 4.22. The Kier molecular flexibility index (Phi) is 14.3. The minimum atomic E-state index is 0.609. The third-order valence-corrected chi connectivity index (χ3v) is 23.2. The highest BCUT2D eigenvalue weighted by Gasteiger charge is 2.23. The van der Waals surface area contributed by atoms with E-state index in [1.165, 1.54) is 74.0 Å². The second-order valence-electron chi connectivity index (χ2n) is 28.5. The second-order valence-corrected chi connectivity index (χ2v) is 29.6. The number of benzene rings is 16. The number of furan rings is 1. The maximum atomic E-state index is 6.12. The summed E-state index contributed by atoms with van der Waals surface area (Å²) in [6, 6.07) is 119. The summed E-state index contributed by atoms with van der Waals surface area (Å²) >= 11 is 1.81. The van der Waals surface area contributed by atoms with Crippen molar-refractivity contribution in [2.24, 2.45) is 0 Å². The van der Waals surface area contributed by atoms with Gasteiger partial charge in [-0.15, -0.1) is 11.3 Å². The Balaban J connectivity index is 0.000000134. The van der Waals surface area contributed by atoms with Gasteiger partial charge in [0.1, 0.15) is 22.5 Å². The average Bonchev–Trinajstić information content (AvgIpc) is 1.46. The monoisotopic (exact) mass is 1450 g/mol. The largest absolute Gasteiger partial charge is 0.456 e. The van der Waals surface area contributed by atoms with Crippen LogP contribution in [-0.4, -0.2) is 48.7 Å². The lowest BCUT2D eigenvalue weighted by Gasteiger charge is -2.13. The van der Waals surface area contributed by atoms with E-state index in [1.807, 2.05) is 96.3 Å². The highest BCUT2D eigenvalue weighted by Crippen LogP contribution is 2.45. The first-order valence-electron chi connectivity index (χ1n) is 37.4. The Morgan fingerprint density at radius 2 is 0.580 bits per heavy atom. The van der Waals surface area contributed by atoms with Crippen LogP contribution in [0.1, 0.15) is 0 Å².